The largest absolute Gasteiger partial charge is 0.356 e. The second-order valence-electron chi connectivity index (χ2n) is 7.47. The van der Waals surface area contributed by atoms with Crippen LogP contribution in [0.15, 0.2) is 24.3 Å². The van der Waals surface area contributed by atoms with E-state index in [9.17, 15) is 9.59 Å². The lowest BCUT2D eigenvalue weighted by Crippen LogP contribution is -2.32. The van der Waals surface area contributed by atoms with Crippen LogP contribution in [0.4, 0.5) is 0 Å². The highest BCUT2D eigenvalue weighted by Crippen LogP contribution is 2.02. The summed E-state index contributed by atoms with van der Waals surface area (Å²) in [6.07, 6.45) is 17.8. The summed E-state index contributed by atoms with van der Waals surface area (Å²) in [5.41, 5.74) is 0. The third-order valence-corrected chi connectivity index (χ3v) is 4.91. The molecule has 0 atom stereocenters. The van der Waals surface area contributed by atoms with E-state index in [-0.39, 0.29) is 11.8 Å². The van der Waals surface area contributed by atoms with Crippen LogP contribution in [0.5, 0.6) is 0 Å². The van der Waals surface area contributed by atoms with Crippen LogP contribution in [0.25, 0.3) is 0 Å². The first-order chi connectivity index (χ1) is 14.1. The third-order valence-electron chi connectivity index (χ3n) is 4.91. The van der Waals surface area contributed by atoms with E-state index < -0.39 is 0 Å². The van der Waals surface area contributed by atoms with Crippen molar-refractivity contribution in [3.63, 3.8) is 0 Å². The van der Waals surface area contributed by atoms with Crippen LogP contribution >= 0.6 is 0 Å². The number of hydrogen-bond acceptors (Lipinski definition) is 3. The van der Waals surface area contributed by atoms with E-state index in [2.05, 4.69) is 46.8 Å². The molecule has 2 amide bonds. The zero-order chi connectivity index (χ0) is 21.6. The van der Waals surface area contributed by atoms with Crippen molar-refractivity contribution in [2.24, 2.45) is 0 Å². The molecule has 0 heterocycles. The Morgan fingerprint density at radius 2 is 1.17 bits per heavy atom. The Labute approximate surface area is 179 Å². The van der Waals surface area contributed by atoms with E-state index in [1.165, 1.54) is 0 Å². The first-order valence-electron chi connectivity index (χ1n) is 11.6. The summed E-state index contributed by atoms with van der Waals surface area (Å²) in [5, 5.41) is 6.05. The number of rotatable bonds is 19. The first kappa shape index (κ1) is 27.4. The molecule has 168 valence electrons. The molecule has 0 fully saturated rings. The number of hydrogen-bond donors (Lipinski definition) is 2. The maximum absolute atomic E-state index is 11.8. The summed E-state index contributed by atoms with van der Waals surface area (Å²) in [4.78, 5) is 26.0. The number of nitrogens with zero attached hydrogens (tertiary/aromatic N) is 1. The standard InChI is InChI=1S/C24H45N3O2/c1-4-7-9-11-13-17-23(28)25-19-15-21-27(6-3)22-16-20-26-24(29)18-14-12-10-8-5-2/h4-5,7-8H,6,9-22H2,1-3H3,(H,25,28)(H,26,29)/b7-4+,8-5+. The minimum Gasteiger partial charge on any atom is -0.356 e. The van der Waals surface area contributed by atoms with E-state index in [0.29, 0.717) is 12.8 Å². The van der Waals surface area contributed by atoms with E-state index in [1.807, 2.05) is 13.8 Å². The highest BCUT2D eigenvalue weighted by Gasteiger charge is 2.05. The molecular formula is C24H45N3O2. The molecule has 0 aliphatic heterocycles. The van der Waals surface area contributed by atoms with E-state index >= 15 is 0 Å². The van der Waals surface area contributed by atoms with Crippen LogP contribution in [-0.2, 0) is 9.59 Å². The van der Waals surface area contributed by atoms with Crippen LogP contribution in [0.3, 0.4) is 0 Å². The van der Waals surface area contributed by atoms with Gasteiger partial charge < -0.3 is 15.5 Å². The van der Waals surface area contributed by atoms with Crippen molar-refractivity contribution >= 4 is 11.8 Å². The molecule has 2 N–H and O–H groups in total. The molecule has 0 aliphatic rings. The molecule has 0 radical (unpaired) electrons. The van der Waals surface area contributed by atoms with Crippen molar-refractivity contribution in [2.75, 3.05) is 32.7 Å². The van der Waals surface area contributed by atoms with Crippen LogP contribution < -0.4 is 10.6 Å². The normalized spacial score (nSPS) is 11.6. The van der Waals surface area contributed by atoms with Crippen molar-refractivity contribution in [3.05, 3.63) is 24.3 Å². The van der Waals surface area contributed by atoms with E-state index in [1.54, 1.807) is 0 Å². The van der Waals surface area contributed by atoms with Crippen molar-refractivity contribution in [1.82, 2.24) is 15.5 Å². The molecule has 29 heavy (non-hydrogen) atoms. The average Bonchev–Trinajstić information content (AvgIpc) is 2.72. The molecule has 0 saturated carbocycles. The number of nitrogens with one attached hydrogen (secondary N) is 2. The minimum absolute atomic E-state index is 0.168. The molecule has 0 saturated heterocycles. The molecule has 0 spiro atoms. The fraction of sp³-hybridized carbons (Fsp3) is 0.750. The molecule has 0 bridgehead atoms. The van der Waals surface area contributed by atoms with Gasteiger partial charge in [-0.1, -0.05) is 31.2 Å². The fourth-order valence-corrected chi connectivity index (χ4v) is 3.09. The molecule has 0 aromatic carbocycles. The van der Waals surface area contributed by atoms with E-state index in [4.69, 9.17) is 0 Å². The van der Waals surface area contributed by atoms with Gasteiger partial charge in [-0.25, -0.2) is 0 Å². The van der Waals surface area contributed by atoms with Gasteiger partial charge in [-0.05, 0) is 84.8 Å². The first-order valence-corrected chi connectivity index (χ1v) is 11.6. The molecule has 0 aromatic rings. The fourth-order valence-electron chi connectivity index (χ4n) is 3.09. The van der Waals surface area contributed by atoms with Crippen LogP contribution in [0.1, 0.15) is 85.0 Å². The SMILES string of the molecule is C/C=C/CCCCC(=O)NCCCN(CC)CCCNC(=O)CCCC/C=C/C. The van der Waals surface area contributed by atoms with Gasteiger partial charge in [0.05, 0.1) is 0 Å². The van der Waals surface area contributed by atoms with Crippen LogP contribution in [0.2, 0.25) is 0 Å². The van der Waals surface area contributed by atoms with Gasteiger partial charge in [0, 0.05) is 25.9 Å². The second kappa shape index (κ2) is 21.1. The van der Waals surface area contributed by atoms with Gasteiger partial charge in [0.15, 0.2) is 0 Å². The summed E-state index contributed by atoms with van der Waals surface area (Å²) < 4.78 is 0. The maximum Gasteiger partial charge on any atom is 0.219 e. The van der Waals surface area contributed by atoms with E-state index in [0.717, 1.165) is 84.1 Å². The van der Waals surface area contributed by atoms with Gasteiger partial charge in [-0.3, -0.25) is 9.59 Å². The number of carbonyl (C=O) groups is 2. The van der Waals surface area contributed by atoms with Crippen molar-refractivity contribution in [2.45, 2.75) is 85.0 Å². The van der Waals surface area contributed by atoms with Crippen molar-refractivity contribution in [3.8, 4) is 0 Å². The second-order valence-corrected chi connectivity index (χ2v) is 7.47. The van der Waals surface area contributed by atoms with Gasteiger partial charge >= 0.3 is 0 Å². The molecule has 5 heteroatoms. The Kier molecular flexibility index (Phi) is 19.9. The molecule has 0 aliphatic carbocycles. The number of unbranched alkanes of at least 4 members (excludes halogenated alkanes) is 4. The lowest BCUT2D eigenvalue weighted by molar-refractivity contribution is -0.122. The van der Waals surface area contributed by atoms with Gasteiger partial charge in [-0.15, -0.1) is 0 Å². The minimum atomic E-state index is 0.168. The summed E-state index contributed by atoms with van der Waals surface area (Å²) >= 11 is 0. The maximum atomic E-state index is 11.8. The smallest absolute Gasteiger partial charge is 0.219 e. The Bertz CT molecular complexity index is 421. The summed E-state index contributed by atoms with van der Waals surface area (Å²) in [6, 6.07) is 0. The third kappa shape index (κ3) is 19.5. The van der Waals surface area contributed by atoms with Crippen molar-refractivity contribution < 1.29 is 9.59 Å². The Balaban J connectivity index is 3.61. The topological polar surface area (TPSA) is 61.4 Å². The van der Waals surface area contributed by atoms with Crippen molar-refractivity contribution in [1.29, 1.82) is 0 Å². The summed E-state index contributed by atoms with van der Waals surface area (Å²) in [5.74, 6) is 0.337. The quantitative estimate of drug-likeness (QED) is 0.243. The van der Waals surface area contributed by atoms with Gasteiger partial charge in [-0.2, -0.15) is 0 Å². The molecule has 0 rings (SSSR count). The average molecular weight is 408 g/mol. The monoisotopic (exact) mass is 407 g/mol. The Morgan fingerprint density at radius 1 is 0.724 bits per heavy atom. The van der Waals surface area contributed by atoms with Gasteiger partial charge in [0.25, 0.3) is 0 Å². The van der Waals surface area contributed by atoms with Gasteiger partial charge in [0.1, 0.15) is 0 Å². The Hall–Kier alpha value is -1.62. The molecule has 0 unspecified atom stereocenters. The molecule has 0 aromatic heterocycles. The number of carbonyl (C=O) groups excluding carboxylic acids is 2. The highest BCUT2D eigenvalue weighted by molar-refractivity contribution is 5.76. The lowest BCUT2D eigenvalue weighted by Gasteiger charge is -2.20. The summed E-state index contributed by atoms with van der Waals surface area (Å²) in [6.45, 7) is 10.7. The lowest BCUT2D eigenvalue weighted by atomic mass is 10.2. The van der Waals surface area contributed by atoms with Gasteiger partial charge in [0.2, 0.25) is 11.8 Å². The zero-order valence-electron chi connectivity index (χ0n) is 19.2. The predicted molar refractivity (Wildman–Crippen MR) is 124 cm³/mol. The van der Waals surface area contributed by atoms with Crippen LogP contribution in [-0.4, -0.2) is 49.4 Å². The Morgan fingerprint density at radius 3 is 1.55 bits per heavy atom. The highest BCUT2D eigenvalue weighted by atomic mass is 16.2. The molecular weight excluding hydrogens is 362 g/mol. The summed E-state index contributed by atoms with van der Waals surface area (Å²) in [7, 11) is 0. The number of amides is 2. The molecule has 5 nitrogen and oxygen atoms in total. The zero-order valence-corrected chi connectivity index (χ0v) is 19.2. The number of allylic oxidation sites excluding steroid dienone is 4. The predicted octanol–water partition coefficient (Wildman–Crippen LogP) is 4.59. The van der Waals surface area contributed by atoms with Crippen LogP contribution in [0, 0.1) is 0 Å².